The van der Waals surface area contributed by atoms with E-state index in [9.17, 15) is 4.79 Å². The third-order valence-electron chi connectivity index (χ3n) is 1.48. The Bertz CT molecular complexity index is 351. The summed E-state index contributed by atoms with van der Waals surface area (Å²) in [5.74, 6) is -0.735. The summed E-state index contributed by atoms with van der Waals surface area (Å²) in [5, 5.41) is 10.3. The summed E-state index contributed by atoms with van der Waals surface area (Å²) in [6.45, 7) is 0. The predicted octanol–water partition coefficient (Wildman–Crippen LogP) is 0.250. The first-order chi connectivity index (χ1) is 6.50. The van der Waals surface area contributed by atoms with Gasteiger partial charge in [-0.1, -0.05) is 0 Å². The number of nitrogens with one attached hydrogen (secondary N) is 1. The lowest BCUT2D eigenvalue weighted by Crippen LogP contribution is -2.22. The fourth-order valence-electron chi connectivity index (χ4n) is 0.890. The Balaban J connectivity index is 3.02. The van der Waals surface area contributed by atoms with Gasteiger partial charge in [0.2, 0.25) is 0 Å². The lowest BCUT2D eigenvalue weighted by Gasteiger charge is -2.14. The summed E-state index contributed by atoms with van der Waals surface area (Å²) in [5.41, 5.74) is 8.76. The Morgan fingerprint density at radius 2 is 2.21 bits per heavy atom. The van der Waals surface area contributed by atoms with Crippen molar-refractivity contribution in [1.82, 2.24) is 9.99 Å². The number of carboxylic acid groups (broad SMARTS) is 1. The van der Waals surface area contributed by atoms with Crippen LogP contribution in [-0.2, 0) is 0 Å². The van der Waals surface area contributed by atoms with Gasteiger partial charge in [-0.3, -0.25) is 0 Å². The molecule has 1 aromatic rings. The highest BCUT2D eigenvalue weighted by atomic mass is 16.4. The Morgan fingerprint density at radius 1 is 1.57 bits per heavy atom. The molecule has 0 saturated carbocycles. The predicted molar refractivity (Wildman–Crippen MR) is 52.9 cm³/mol. The van der Waals surface area contributed by atoms with Gasteiger partial charge in [0.25, 0.3) is 0 Å². The number of nitrogen functional groups attached to an aromatic ring is 1. The topological polar surface area (TPSA) is 91.5 Å². The van der Waals surface area contributed by atoms with Crippen LogP contribution in [0.3, 0.4) is 0 Å². The molecule has 0 aliphatic rings. The van der Waals surface area contributed by atoms with Crippen molar-refractivity contribution in [1.29, 1.82) is 0 Å². The van der Waals surface area contributed by atoms with Crippen LogP contribution in [0, 0.1) is 0 Å². The number of pyridine rings is 1. The van der Waals surface area contributed by atoms with Gasteiger partial charge in [0.15, 0.2) is 11.5 Å². The van der Waals surface area contributed by atoms with Crippen LogP contribution in [0.15, 0.2) is 12.1 Å². The summed E-state index contributed by atoms with van der Waals surface area (Å²) in [6.07, 6.45) is 0. The molecule has 0 unspecified atom stereocenters. The highest BCUT2D eigenvalue weighted by Crippen LogP contribution is 2.15. The summed E-state index contributed by atoms with van der Waals surface area (Å²) in [6, 6.07) is 2.86. The molecule has 6 nitrogen and oxygen atoms in total. The normalized spacial score (nSPS) is 10.2. The fraction of sp³-hybridized carbons (Fsp3) is 0.250. The molecule has 76 valence electrons. The average Bonchev–Trinajstić information content (AvgIpc) is 2.07. The maximum atomic E-state index is 10.6. The van der Waals surface area contributed by atoms with Crippen LogP contribution in [0.25, 0.3) is 0 Å². The Hall–Kier alpha value is -1.82. The molecule has 1 rings (SSSR count). The highest BCUT2D eigenvalue weighted by Gasteiger charge is 2.08. The van der Waals surface area contributed by atoms with Crippen LogP contribution >= 0.6 is 0 Å². The molecular weight excluding hydrogens is 184 g/mol. The van der Waals surface area contributed by atoms with E-state index in [-0.39, 0.29) is 5.69 Å². The molecule has 0 saturated heterocycles. The van der Waals surface area contributed by atoms with Crippen LogP contribution in [0.2, 0.25) is 0 Å². The van der Waals surface area contributed by atoms with Crippen molar-refractivity contribution in [3.8, 4) is 0 Å². The number of carbonyl (C=O) groups is 1. The molecule has 14 heavy (non-hydrogen) atoms. The lowest BCUT2D eigenvalue weighted by molar-refractivity contribution is 0.0690. The summed E-state index contributed by atoms with van der Waals surface area (Å²) < 4.78 is 0. The van der Waals surface area contributed by atoms with E-state index in [1.165, 1.54) is 12.1 Å². The third kappa shape index (κ3) is 2.33. The molecule has 6 heteroatoms. The molecule has 1 aromatic heterocycles. The molecule has 0 radical (unpaired) electrons. The first-order valence-corrected chi connectivity index (χ1v) is 3.94. The molecule has 0 fully saturated rings. The molecule has 0 atom stereocenters. The second kappa shape index (κ2) is 3.93. The van der Waals surface area contributed by atoms with Crippen molar-refractivity contribution in [3.63, 3.8) is 0 Å². The average molecular weight is 196 g/mol. The van der Waals surface area contributed by atoms with E-state index >= 15 is 0 Å². The Kier molecular flexibility index (Phi) is 2.88. The van der Waals surface area contributed by atoms with E-state index in [0.717, 1.165) is 0 Å². The molecule has 0 bridgehead atoms. The number of hydrogen-bond acceptors (Lipinski definition) is 5. The quantitative estimate of drug-likeness (QED) is 0.600. The summed E-state index contributed by atoms with van der Waals surface area (Å²) in [4.78, 5) is 14.4. The number of aromatic nitrogens is 1. The summed E-state index contributed by atoms with van der Waals surface area (Å²) in [7, 11) is 3.52. The van der Waals surface area contributed by atoms with Gasteiger partial charge in [-0.05, 0) is 12.1 Å². The molecule has 0 aliphatic heterocycles. The zero-order valence-corrected chi connectivity index (χ0v) is 7.98. The zero-order valence-electron chi connectivity index (χ0n) is 7.98. The van der Waals surface area contributed by atoms with Gasteiger partial charge in [-0.15, -0.1) is 0 Å². The minimum atomic E-state index is -1.08. The number of carboxylic acids is 1. The van der Waals surface area contributed by atoms with Gasteiger partial charge in [-0.2, -0.15) is 0 Å². The smallest absolute Gasteiger partial charge is 0.354 e. The second-order valence-electron chi connectivity index (χ2n) is 2.95. The molecule has 0 aliphatic carbocycles. The van der Waals surface area contributed by atoms with E-state index in [4.69, 9.17) is 10.8 Å². The number of hydrazine groups is 1. The molecule has 4 N–H and O–H groups in total. The number of anilines is 2. The first-order valence-electron chi connectivity index (χ1n) is 3.94. The van der Waals surface area contributed by atoms with Crippen LogP contribution in [0.5, 0.6) is 0 Å². The number of nitrogens with two attached hydrogens (primary N) is 1. The van der Waals surface area contributed by atoms with E-state index in [0.29, 0.717) is 11.5 Å². The van der Waals surface area contributed by atoms with Gasteiger partial charge in [0.05, 0.1) is 5.69 Å². The monoisotopic (exact) mass is 196 g/mol. The Morgan fingerprint density at radius 3 is 2.71 bits per heavy atom. The number of nitrogens with zero attached hydrogens (tertiary/aromatic N) is 2. The van der Waals surface area contributed by atoms with Crippen molar-refractivity contribution in [3.05, 3.63) is 17.8 Å². The van der Waals surface area contributed by atoms with Crippen LogP contribution < -0.4 is 11.2 Å². The number of hydrogen-bond donors (Lipinski definition) is 3. The van der Waals surface area contributed by atoms with Crippen LogP contribution in [-0.4, -0.2) is 35.2 Å². The molecule has 0 amide bonds. The van der Waals surface area contributed by atoms with Crippen molar-refractivity contribution in [2.24, 2.45) is 0 Å². The van der Waals surface area contributed by atoms with Gasteiger partial charge in [-0.25, -0.2) is 14.8 Å². The van der Waals surface area contributed by atoms with Crippen LogP contribution in [0.4, 0.5) is 11.5 Å². The Labute approximate surface area is 81.3 Å². The maximum absolute atomic E-state index is 10.6. The van der Waals surface area contributed by atoms with Gasteiger partial charge < -0.3 is 16.3 Å². The van der Waals surface area contributed by atoms with E-state index in [2.05, 4.69) is 10.4 Å². The first kappa shape index (κ1) is 10.3. The van der Waals surface area contributed by atoms with Crippen molar-refractivity contribution >= 4 is 17.5 Å². The highest BCUT2D eigenvalue weighted by molar-refractivity contribution is 5.86. The summed E-state index contributed by atoms with van der Waals surface area (Å²) >= 11 is 0. The molecule has 0 spiro atoms. The SMILES string of the molecule is CN(C)Nc1nc(C(=O)O)ccc1N. The minimum absolute atomic E-state index is 0.0384. The van der Waals surface area contributed by atoms with Crippen molar-refractivity contribution in [2.75, 3.05) is 25.3 Å². The van der Waals surface area contributed by atoms with E-state index in [1.807, 2.05) is 0 Å². The number of aromatic carboxylic acids is 1. The fourth-order valence-corrected chi connectivity index (χ4v) is 0.890. The van der Waals surface area contributed by atoms with Gasteiger partial charge in [0, 0.05) is 14.1 Å². The van der Waals surface area contributed by atoms with Gasteiger partial charge >= 0.3 is 5.97 Å². The van der Waals surface area contributed by atoms with Crippen LogP contribution in [0.1, 0.15) is 10.5 Å². The van der Waals surface area contributed by atoms with Crippen molar-refractivity contribution < 1.29 is 9.90 Å². The van der Waals surface area contributed by atoms with Crippen molar-refractivity contribution in [2.45, 2.75) is 0 Å². The molecule has 1 heterocycles. The van der Waals surface area contributed by atoms with E-state index in [1.54, 1.807) is 19.1 Å². The minimum Gasteiger partial charge on any atom is -0.477 e. The number of rotatable bonds is 3. The lowest BCUT2D eigenvalue weighted by atomic mass is 10.3. The second-order valence-corrected chi connectivity index (χ2v) is 2.95. The van der Waals surface area contributed by atoms with E-state index < -0.39 is 5.97 Å². The maximum Gasteiger partial charge on any atom is 0.354 e. The standard InChI is InChI=1S/C8H12N4O2/c1-12(2)11-7-5(9)3-4-6(10-7)8(13)14/h3-4H,9H2,1-2H3,(H,10,11)(H,13,14). The molecule has 0 aromatic carbocycles. The third-order valence-corrected chi connectivity index (χ3v) is 1.48. The molecular formula is C8H12N4O2. The zero-order chi connectivity index (χ0) is 10.7. The largest absolute Gasteiger partial charge is 0.477 e. The van der Waals surface area contributed by atoms with Gasteiger partial charge in [0.1, 0.15) is 0 Å².